The molecule has 0 radical (unpaired) electrons. The van der Waals surface area contributed by atoms with Crippen molar-refractivity contribution >= 4 is 23.3 Å². The van der Waals surface area contributed by atoms with E-state index in [1.165, 1.54) is 17.7 Å². The highest BCUT2D eigenvalue weighted by Crippen LogP contribution is 2.64. The minimum Gasteiger partial charge on any atom is -0.387 e. The molecule has 194 valence electrons. The molecule has 3 unspecified atom stereocenters. The second kappa shape index (κ2) is 8.89. The average Bonchev–Trinajstić information content (AvgIpc) is 3.23. The number of fused-ring (bicyclic) bond motifs is 5. The molecular weight excluding hydrogens is 468 g/mol. The summed E-state index contributed by atoms with van der Waals surface area (Å²) in [7, 11) is 0. The van der Waals surface area contributed by atoms with Crippen molar-refractivity contribution in [2.75, 3.05) is 6.54 Å². The molecule has 4 nitrogen and oxygen atoms in total. The Balaban J connectivity index is 1.24. The van der Waals surface area contributed by atoms with Crippen LogP contribution in [-0.4, -0.2) is 18.2 Å². The molecule has 5 heteroatoms. The molecule has 6 rings (SSSR count). The van der Waals surface area contributed by atoms with Crippen molar-refractivity contribution in [3.8, 4) is 0 Å². The molecule has 6 atom stereocenters. The zero-order valence-electron chi connectivity index (χ0n) is 21.9. The van der Waals surface area contributed by atoms with Crippen molar-refractivity contribution < 1.29 is 9.59 Å². The molecule has 1 saturated heterocycles. The van der Waals surface area contributed by atoms with Crippen molar-refractivity contribution in [2.24, 2.45) is 34.5 Å². The van der Waals surface area contributed by atoms with Crippen LogP contribution in [0.4, 0.5) is 0 Å². The number of hydrogen-bond acceptors (Lipinski definition) is 3. The number of allylic oxidation sites excluding steroid dienone is 2. The Morgan fingerprint density at radius 2 is 1.72 bits per heavy atom. The number of halogens is 1. The van der Waals surface area contributed by atoms with Crippen molar-refractivity contribution in [3.63, 3.8) is 0 Å². The van der Waals surface area contributed by atoms with Gasteiger partial charge in [-0.25, -0.2) is 0 Å². The van der Waals surface area contributed by atoms with Crippen LogP contribution in [0.15, 0.2) is 36.0 Å². The number of nitrogens with one attached hydrogen (secondary N) is 2. The first-order valence-electron chi connectivity index (χ1n) is 14.3. The van der Waals surface area contributed by atoms with Crippen LogP contribution in [0.5, 0.6) is 0 Å². The van der Waals surface area contributed by atoms with Gasteiger partial charge in [0.15, 0.2) is 5.78 Å². The Kier molecular flexibility index (Phi) is 6.06. The summed E-state index contributed by atoms with van der Waals surface area (Å²) in [6, 6.07) is 8.16. The smallest absolute Gasteiger partial charge is 0.224 e. The largest absolute Gasteiger partial charge is 0.387 e. The van der Waals surface area contributed by atoms with Gasteiger partial charge in [-0.3, -0.25) is 9.59 Å². The van der Waals surface area contributed by atoms with E-state index in [1.807, 2.05) is 18.2 Å². The summed E-state index contributed by atoms with van der Waals surface area (Å²) in [4.78, 5) is 26.2. The van der Waals surface area contributed by atoms with Crippen molar-refractivity contribution in [2.45, 2.75) is 90.0 Å². The maximum atomic E-state index is 14.1. The van der Waals surface area contributed by atoms with Crippen LogP contribution in [-0.2, 0) is 15.1 Å². The summed E-state index contributed by atoms with van der Waals surface area (Å²) in [6.45, 7) is 5.75. The van der Waals surface area contributed by atoms with Gasteiger partial charge in [0.2, 0.25) is 5.91 Å². The van der Waals surface area contributed by atoms with E-state index in [0.29, 0.717) is 24.2 Å². The van der Waals surface area contributed by atoms with Gasteiger partial charge in [-0.2, -0.15) is 0 Å². The van der Waals surface area contributed by atoms with Crippen LogP contribution >= 0.6 is 11.6 Å². The Bertz CT molecular complexity index is 1070. The lowest BCUT2D eigenvalue weighted by molar-refractivity contribution is -0.135. The number of carbonyl (C=O) groups is 2. The van der Waals surface area contributed by atoms with Crippen LogP contribution in [0.2, 0.25) is 5.02 Å². The lowest BCUT2D eigenvalue weighted by Gasteiger charge is -2.58. The summed E-state index contributed by atoms with van der Waals surface area (Å²) in [6.07, 6.45) is 13.5. The van der Waals surface area contributed by atoms with Crippen molar-refractivity contribution in [1.29, 1.82) is 0 Å². The lowest BCUT2D eigenvalue weighted by atomic mass is 9.50. The van der Waals surface area contributed by atoms with E-state index in [-0.39, 0.29) is 34.0 Å². The van der Waals surface area contributed by atoms with Gasteiger partial charge in [0.25, 0.3) is 0 Å². The number of piperidine rings is 1. The first-order valence-corrected chi connectivity index (χ1v) is 14.7. The van der Waals surface area contributed by atoms with E-state index >= 15 is 0 Å². The molecule has 1 aliphatic heterocycles. The molecule has 5 aliphatic rings. The molecule has 36 heavy (non-hydrogen) atoms. The topological polar surface area (TPSA) is 58.2 Å². The van der Waals surface area contributed by atoms with Gasteiger partial charge in [-0.05, 0) is 85.8 Å². The molecule has 1 heterocycles. The molecule has 0 bridgehead atoms. The monoisotopic (exact) mass is 508 g/mol. The molecule has 1 aromatic rings. The molecule has 4 aliphatic carbocycles. The number of hydrogen-bond donors (Lipinski definition) is 2. The standard InChI is InChI=1S/C31H41ClN2O2/c1-29-17-13-25-23(19-33-27-18-22(35)12-16-30(25,27)2)24(29)10-11-26(29)28(36)34-31(14-4-3-5-15-31)20-6-8-21(32)9-7-20/h6-9,18,23-26,33H,3-5,10-17,19H2,1-2H3,(H,34,36)/t23?,24?,25?,26-,29+,30-/m1/s1. The Morgan fingerprint density at radius 1 is 0.972 bits per heavy atom. The van der Waals surface area contributed by atoms with Gasteiger partial charge in [-0.1, -0.05) is 56.8 Å². The summed E-state index contributed by atoms with van der Waals surface area (Å²) < 4.78 is 0. The van der Waals surface area contributed by atoms with E-state index < -0.39 is 0 Å². The van der Waals surface area contributed by atoms with Crippen LogP contribution < -0.4 is 10.6 Å². The molecule has 1 aromatic carbocycles. The van der Waals surface area contributed by atoms with E-state index in [2.05, 4.69) is 36.6 Å². The molecule has 3 saturated carbocycles. The molecule has 2 N–H and O–H groups in total. The van der Waals surface area contributed by atoms with E-state index in [1.54, 1.807) is 0 Å². The van der Waals surface area contributed by atoms with Crippen LogP contribution in [0.1, 0.15) is 90.0 Å². The SMILES string of the molecule is C[C@]12CCC(=O)C=C1NCC1C2CC[C@@]2(C)C1CC[C@@H]2C(=O)NC1(c2ccc(Cl)cc2)CCCCC1. The molecule has 4 fully saturated rings. The highest BCUT2D eigenvalue weighted by molar-refractivity contribution is 6.30. The number of carbonyl (C=O) groups excluding carboxylic acids is 2. The zero-order chi connectivity index (χ0) is 25.1. The summed E-state index contributed by atoms with van der Waals surface area (Å²) in [5.74, 6) is 2.37. The predicted octanol–water partition coefficient (Wildman–Crippen LogP) is 6.53. The minimum absolute atomic E-state index is 0.0465. The zero-order valence-corrected chi connectivity index (χ0v) is 22.6. The van der Waals surface area contributed by atoms with Crippen LogP contribution in [0, 0.1) is 34.5 Å². The number of rotatable bonds is 3. The normalized spacial score (nSPS) is 39.2. The molecular formula is C31H41ClN2O2. The Hall–Kier alpha value is -1.81. The first kappa shape index (κ1) is 24.5. The molecule has 0 aromatic heterocycles. The van der Waals surface area contributed by atoms with Crippen LogP contribution in [0.25, 0.3) is 0 Å². The minimum atomic E-state index is -0.264. The summed E-state index contributed by atoms with van der Waals surface area (Å²) in [5.41, 5.74) is 2.25. The molecule has 0 spiro atoms. The van der Waals surface area contributed by atoms with Gasteiger partial charge in [-0.15, -0.1) is 0 Å². The van der Waals surface area contributed by atoms with Crippen molar-refractivity contribution in [3.05, 3.63) is 46.6 Å². The van der Waals surface area contributed by atoms with E-state index in [9.17, 15) is 9.59 Å². The van der Waals surface area contributed by atoms with Crippen LogP contribution in [0.3, 0.4) is 0 Å². The highest BCUT2D eigenvalue weighted by atomic mass is 35.5. The first-order chi connectivity index (χ1) is 17.3. The fourth-order valence-electron chi connectivity index (χ4n) is 9.31. The highest BCUT2D eigenvalue weighted by Gasteiger charge is 2.60. The third kappa shape index (κ3) is 3.77. The third-order valence-corrected chi connectivity index (χ3v) is 11.6. The van der Waals surface area contributed by atoms with Gasteiger partial charge in [0.1, 0.15) is 0 Å². The number of benzene rings is 1. The van der Waals surface area contributed by atoms with E-state index in [4.69, 9.17) is 11.6 Å². The fraction of sp³-hybridized carbons (Fsp3) is 0.677. The quantitative estimate of drug-likeness (QED) is 0.488. The Morgan fingerprint density at radius 3 is 2.47 bits per heavy atom. The number of amides is 1. The predicted molar refractivity (Wildman–Crippen MR) is 143 cm³/mol. The number of ketones is 1. The average molecular weight is 509 g/mol. The van der Waals surface area contributed by atoms with Gasteiger partial charge in [0.05, 0.1) is 5.54 Å². The van der Waals surface area contributed by atoms with Gasteiger partial charge < -0.3 is 10.6 Å². The Labute approximate surface area is 221 Å². The van der Waals surface area contributed by atoms with E-state index in [0.717, 1.165) is 69.4 Å². The maximum Gasteiger partial charge on any atom is 0.224 e. The maximum absolute atomic E-state index is 14.1. The lowest BCUT2D eigenvalue weighted by Crippen LogP contribution is -2.58. The summed E-state index contributed by atoms with van der Waals surface area (Å²) in [5, 5.41) is 8.09. The second-order valence-corrected chi connectivity index (χ2v) is 13.4. The van der Waals surface area contributed by atoms with Gasteiger partial charge >= 0.3 is 0 Å². The fourth-order valence-corrected chi connectivity index (χ4v) is 9.43. The van der Waals surface area contributed by atoms with Crippen molar-refractivity contribution in [1.82, 2.24) is 10.6 Å². The third-order valence-electron chi connectivity index (χ3n) is 11.4. The molecule has 1 amide bonds. The summed E-state index contributed by atoms with van der Waals surface area (Å²) >= 11 is 6.20. The second-order valence-electron chi connectivity index (χ2n) is 13.0. The van der Waals surface area contributed by atoms with Gasteiger partial charge in [0, 0.05) is 41.1 Å².